The Hall–Kier alpha value is -2.54. The third-order valence-electron chi connectivity index (χ3n) is 5.68. The van der Waals surface area contributed by atoms with E-state index in [1.54, 1.807) is 12.1 Å². The van der Waals surface area contributed by atoms with E-state index in [0.29, 0.717) is 19.5 Å². The Morgan fingerprint density at radius 3 is 2.79 bits per heavy atom. The van der Waals surface area contributed by atoms with Crippen molar-refractivity contribution >= 4 is 11.7 Å². The minimum atomic E-state index is -0.284. The second-order valence-corrected chi connectivity index (χ2v) is 7.72. The Bertz CT molecular complexity index is 870. The van der Waals surface area contributed by atoms with Gasteiger partial charge in [-0.15, -0.1) is 0 Å². The Balaban J connectivity index is 1.47. The summed E-state index contributed by atoms with van der Waals surface area (Å²) < 4.78 is 13.1. The van der Waals surface area contributed by atoms with Gasteiger partial charge in [0.2, 0.25) is 5.91 Å². The summed E-state index contributed by atoms with van der Waals surface area (Å²) in [4.78, 5) is 26.4. The highest BCUT2D eigenvalue weighted by Crippen LogP contribution is 2.30. The molecular weight excluding hydrogens is 357 g/mol. The van der Waals surface area contributed by atoms with Gasteiger partial charge in [-0.3, -0.25) is 4.79 Å². The van der Waals surface area contributed by atoms with E-state index in [1.807, 2.05) is 11.9 Å². The number of hydrogen-bond donors (Lipinski definition) is 1. The molecule has 7 heteroatoms. The molecule has 1 saturated heterocycles. The fourth-order valence-electron chi connectivity index (χ4n) is 4.06. The summed E-state index contributed by atoms with van der Waals surface area (Å²) >= 11 is 0. The number of aromatic nitrogens is 2. The molecule has 4 rings (SSSR count). The van der Waals surface area contributed by atoms with Gasteiger partial charge in [0.1, 0.15) is 17.5 Å². The van der Waals surface area contributed by atoms with E-state index in [-0.39, 0.29) is 17.6 Å². The van der Waals surface area contributed by atoms with Gasteiger partial charge in [0.05, 0.1) is 12.1 Å². The molecule has 1 aromatic heterocycles. The lowest BCUT2D eigenvalue weighted by molar-refractivity contribution is -0.129. The number of amides is 1. The highest BCUT2D eigenvalue weighted by molar-refractivity contribution is 5.79. The molecule has 1 atom stereocenters. The van der Waals surface area contributed by atoms with Crippen LogP contribution in [0.4, 0.5) is 10.2 Å². The van der Waals surface area contributed by atoms with Crippen LogP contribution in [0.1, 0.15) is 35.0 Å². The van der Waals surface area contributed by atoms with Crippen molar-refractivity contribution in [2.75, 3.05) is 39.0 Å². The molecule has 1 unspecified atom stereocenters. The van der Waals surface area contributed by atoms with Crippen LogP contribution in [0.15, 0.2) is 24.3 Å². The number of fused-ring (bicyclic) bond motifs is 1. The van der Waals surface area contributed by atoms with E-state index in [2.05, 4.69) is 17.3 Å². The number of hydrogen-bond acceptors (Lipinski definition) is 5. The SMILES string of the molecule is CNc1nc(C2CCN(C(=O)Cc3ccc(F)cc3)C2)nc2c1CCN(C)C2. The van der Waals surface area contributed by atoms with E-state index in [9.17, 15) is 9.18 Å². The van der Waals surface area contributed by atoms with Crippen LogP contribution >= 0.6 is 0 Å². The maximum absolute atomic E-state index is 13.1. The summed E-state index contributed by atoms with van der Waals surface area (Å²) in [6.07, 6.45) is 2.12. The maximum atomic E-state index is 13.1. The zero-order valence-corrected chi connectivity index (χ0v) is 16.4. The minimum absolute atomic E-state index is 0.0700. The first-order valence-electron chi connectivity index (χ1n) is 9.81. The lowest BCUT2D eigenvalue weighted by Crippen LogP contribution is -2.31. The number of carbonyl (C=O) groups is 1. The average molecular weight is 383 g/mol. The minimum Gasteiger partial charge on any atom is -0.373 e. The molecule has 2 aromatic rings. The molecule has 148 valence electrons. The fourth-order valence-corrected chi connectivity index (χ4v) is 4.06. The van der Waals surface area contributed by atoms with Crippen LogP contribution in [0.25, 0.3) is 0 Å². The average Bonchev–Trinajstić information content (AvgIpc) is 3.19. The molecule has 0 aliphatic carbocycles. The Kier molecular flexibility index (Phi) is 5.26. The molecule has 28 heavy (non-hydrogen) atoms. The van der Waals surface area contributed by atoms with Crippen LogP contribution in [0.2, 0.25) is 0 Å². The number of rotatable bonds is 4. The van der Waals surface area contributed by atoms with Gasteiger partial charge in [-0.25, -0.2) is 14.4 Å². The van der Waals surface area contributed by atoms with Crippen LogP contribution in [0, 0.1) is 5.82 Å². The van der Waals surface area contributed by atoms with Crippen molar-refractivity contribution in [2.45, 2.75) is 31.7 Å². The smallest absolute Gasteiger partial charge is 0.227 e. The number of halogens is 1. The number of carbonyl (C=O) groups excluding carboxylic acids is 1. The van der Waals surface area contributed by atoms with Gasteiger partial charge in [0, 0.05) is 44.7 Å². The summed E-state index contributed by atoms with van der Waals surface area (Å²) in [5.41, 5.74) is 3.14. The first-order chi connectivity index (χ1) is 13.5. The standard InChI is InChI=1S/C21H26FN5O/c1-23-21-17-8-9-26(2)13-18(17)24-20(25-21)15-7-10-27(12-15)19(28)11-14-3-5-16(22)6-4-14/h3-6,15H,7-13H2,1-2H3,(H,23,24,25). The summed E-state index contributed by atoms with van der Waals surface area (Å²) in [5.74, 6) is 1.69. The van der Waals surface area contributed by atoms with Crippen LogP contribution in [-0.2, 0) is 24.2 Å². The molecule has 3 heterocycles. The zero-order chi connectivity index (χ0) is 19.7. The van der Waals surface area contributed by atoms with Gasteiger partial charge in [-0.1, -0.05) is 12.1 Å². The van der Waals surface area contributed by atoms with E-state index in [1.165, 1.54) is 17.7 Å². The summed E-state index contributed by atoms with van der Waals surface area (Å²) in [6.45, 7) is 3.19. The first-order valence-corrected chi connectivity index (χ1v) is 9.81. The van der Waals surface area contributed by atoms with E-state index in [4.69, 9.17) is 9.97 Å². The number of likely N-dealkylation sites (tertiary alicyclic amines) is 1. The third kappa shape index (κ3) is 3.85. The quantitative estimate of drug-likeness (QED) is 0.877. The molecule has 0 radical (unpaired) electrons. The van der Waals surface area contributed by atoms with Crippen molar-refractivity contribution in [1.29, 1.82) is 0 Å². The van der Waals surface area contributed by atoms with Crippen molar-refractivity contribution in [3.8, 4) is 0 Å². The maximum Gasteiger partial charge on any atom is 0.227 e. The molecule has 2 aliphatic rings. The summed E-state index contributed by atoms with van der Waals surface area (Å²) in [6, 6.07) is 6.13. The van der Waals surface area contributed by atoms with E-state index < -0.39 is 0 Å². The third-order valence-corrected chi connectivity index (χ3v) is 5.68. The number of benzene rings is 1. The largest absolute Gasteiger partial charge is 0.373 e. The Morgan fingerprint density at radius 2 is 2.04 bits per heavy atom. The number of nitrogens with one attached hydrogen (secondary N) is 1. The van der Waals surface area contributed by atoms with Crippen molar-refractivity contribution in [1.82, 2.24) is 19.8 Å². The topological polar surface area (TPSA) is 61.4 Å². The van der Waals surface area contributed by atoms with Crippen molar-refractivity contribution in [3.05, 3.63) is 52.7 Å². The molecule has 0 spiro atoms. The van der Waals surface area contributed by atoms with Crippen LogP contribution in [-0.4, -0.2) is 59.4 Å². The van der Waals surface area contributed by atoms with E-state index in [0.717, 1.165) is 48.8 Å². The lowest BCUT2D eigenvalue weighted by atomic mass is 10.0. The molecule has 1 N–H and O–H groups in total. The highest BCUT2D eigenvalue weighted by Gasteiger charge is 2.31. The molecule has 0 bridgehead atoms. The van der Waals surface area contributed by atoms with Crippen LogP contribution < -0.4 is 5.32 Å². The number of nitrogens with zero attached hydrogens (tertiary/aromatic N) is 4. The molecule has 1 fully saturated rings. The fraction of sp³-hybridized carbons (Fsp3) is 0.476. The van der Waals surface area contributed by atoms with Crippen molar-refractivity contribution in [2.24, 2.45) is 0 Å². The van der Waals surface area contributed by atoms with Gasteiger partial charge in [-0.2, -0.15) is 0 Å². The molecule has 0 saturated carbocycles. The summed E-state index contributed by atoms with van der Waals surface area (Å²) in [7, 11) is 4.01. The van der Waals surface area contributed by atoms with Crippen molar-refractivity contribution in [3.63, 3.8) is 0 Å². The predicted molar refractivity (Wildman–Crippen MR) is 106 cm³/mol. The van der Waals surface area contributed by atoms with Gasteiger partial charge in [0.25, 0.3) is 0 Å². The van der Waals surface area contributed by atoms with Crippen molar-refractivity contribution < 1.29 is 9.18 Å². The lowest BCUT2D eigenvalue weighted by Gasteiger charge is -2.26. The predicted octanol–water partition coefficient (Wildman–Crippen LogP) is 2.20. The number of anilines is 1. The van der Waals surface area contributed by atoms with E-state index >= 15 is 0 Å². The second kappa shape index (κ2) is 7.83. The Morgan fingerprint density at radius 1 is 1.25 bits per heavy atom. The number of likely N-dealkylation sites (N-methyl/N-ethyl adjacent to an activating group) is 1. The summed E-state index contributed by atoms with van der Waals surface area (Å²) in [5, 5.41) is 3.22. The molecule has 1 amide bonds. The van der Waals surface area contributed by atoms with Gasteiger partial charge < -0.3 is 15.1 Å². The molecule has 1 aromatic carbocycles. The van der Waals surface area contributed by atoms with Gasteiger partial charge >= 0.3 is 0 Å². The monoisotopic (exact) mass is 383 g/mol. The molecule has 6 nitrogen and oxygen atoms in total. The van der Waals surface area contributed by atoms with Gasteiger partial charge in [0.15, 0.2) is 0 Å². The normalized spacial score (nSPS) is 19.5. The van der Waals surface area contributed by atoms with Crippen LogP contribution in [0.3, 0.4) is 0 Å². The Labute approximate surface area is 164 Å². The molecular formula is C21H26FN5O. The van der Waals surface area contributed by atoms with Gasteiger partial charge in [-0.05, 0) is 37.6 Å². The first kappa shape index (κ1) is 18.8. The zero-order valence-electron chi connectivity index (χ0n) is 16.4. The highest BCUT2D eigenvalue weighted by atomic mass is 19.1. The van der Waals surface area contributed by atoms with Crippen LogP contribution in [0.5, 0.6) is 0 Å². The second-order valence-electron chi connectivity index (χ2n) is 7.72. The molecule has 2 aliphatic heterocycles.